The number of ether oxygens (including phenoxy) is 2. The average molecular weight is 394 g/mol. The summed E-state index contributed by atoms with van der Waals surface area (Å²) in [7, 11) is 0. The van der Waals surface area contributed by atoms with Gasteiger partial charge in [-0.05, 0) is 24.5 Å². The van der Waals surface area contributed by atoms with E-state index in [0.717, 1.165) is 0 Å². The van der Waals surface area contributed by atoms with Gasteiger partial charge in [-0.1, -0.05) is 13.8 Å². The van der Waals surface area contributed by atoms with Crippen LogP contribution >= 0.6 is 0 Å². The van der Waals surface area contributed by atoms with E-state index < -0.39 is 52.2 Å². The van der Waals surface area contributed by atoms with Gasteiger partial charge in [-0.3, -0.25) is 4.79 Å². The average Bonchev–Trinajstić information content (AvgIpc) is 2.58. The molecular formula is C21H30O7. The molecule has 1 aliphatic heterocycles. The Morgan fingerprint density at radius 3 is 2.50 bits per heavy atom. The van der Waals surface area contributed by atoms with E-state index in [0.29, 0.717) is 30.6 Å². The third-order valence-corrected chi connectivity index (χ3v) is 9.55. The van der Waals surface area contributed by atoms with Crippen LogP contribution in [0.15, 0.2) is 11.1 Å². The lowest BCUT2D eigenvalue weighted by Crippen LogP contribution is -2.89. The van der Waals surface area contributed by atoms with Crippen LogP contribution in [0.3, 0.4) is 0 Å². The van der Waals surface area contributed by atoms with E-state index in [9.17, 15) is 25.2 Å². The third-order valence-electron chi connectivity index (χ3n) is 9.55. The predicted octanol–water partition coefficient (Wildman–Crippen LogP) is 0.287. The molecule has 4 fully saturated rings. The summed E-state index contributed by atoms with van der Waals surface area (Å²) in [5.74, 6) is -0.445. The molecule has 10 atom stereocenters. The normalized spacial score (nSPS) is 59.3. The van der Waals surface area contributed by atoms with Crippen molar-refractivity contribution in [1.29, 1.82) is 0 Å². The molecule has 5 rings (SSSR count). The van der Waals surface area contributed by atoms with Crippen molar-refractivity contribution in [2.45, 2.75) is 83.1 Å². The SMILES string of the molecule is CC(=O)O[C@@H]1C2=C(C)[C@@H](O)C[C@@]3(O)CC4([C@@H]5CO[C@@H]5C[C@H](O)[C@@]4(C)[C@@H]1O)[C@@]23C. The Kier molecular flexibility index (Phi) is 3.52. The minimum atomic E-state index is -1.18. The summed E-state index contributed by atoms with van der Waals surface area (Å²) in [6, 6.07) is 0. The Labute approximate surface area is 164 Å². The maximum absolute atomic E-state index is 11.9. The first-order valence-electron chi connectivity index (χ1n) is 10.2. The lowest BCUT2D eigenvalue weighted by molar-refractivity contribution is -0.419. The standard InChI is InChI=1S/C21H30O7/c1-9-12(23)6-20(26)8-21-11-7-27-13(11)5-14(24)18(21,3)17(25)16(28-10(2)22)15(9)19(20,21)4/h11-14,16-17,23-26H,5-8H2,1-4H3/t11-,12+,13-,14+,16-,17-,18+,19+,20-,21?/m1/s1. The van der Waals surface area contributed by atoms with Crippen LogP contribution in [-0.2, 0) is 14.3 Å². The second-order valence-electron chi connectivity index (χ2n) is 10.1. The number of rotatable bonds is 1. The fraction of sp³-hybridized carbons (Fsp3) is 0.857. The quantitative estimate of drug-likeness (QED) is 0.373. The molecule has 3 saturated carbocycles. The summed E-state index contributed by atoms with van der Waals surface area (Å²) in [5, 5.41) is 45.0. The van der Waals surface area contributed by atoms with E-state index in [1.165, 1.54) is 6.92 Å². The predicted molar refractivity (Wildman–Crippen MR) is 97.0 cm³/mol. The van der Waals surface area contributed by atoms with E-state index in [1.807, 2.05) is 13.8 Å². The summed E-state index contributed by atoms with van der Waals surface area (Å²) >= 11 is 0. The number of aliphatic hydroxyl groups excluding tert-OH is 3. The zero-order valence-corrected chi connectivity index (χ0v) is 16.8. The number of hydrogen-bond acceptors (Lipinski definition) is 7. The third kappa shape index (κ3) is 1.63. The van der Waals surface area contributed by atoms with Gasteiger partial charge in [0, 0.05) is 41.9 Å². The molecule has 1 spiro atoms. The summed E-state index contributed by atoms with van der Waals surface area (Å²) < 4.78 is 11.3. The molecule has 1 heterocycles. The number of aliphatic hydroxyl groups is 4. The Morgan fingerprint density at radius 1 is 1.25 bits per heavy atom. The van der Waals surface area contributed by atoms with Crippen molar-refractivity contribution in [3.8, 4) is 0 Å². The maximum atomic E-state index is 11.9. The van der Waals surface area contributed by atoms with Gasteiger partial charge in [-0.25, -0.2) is 0 Å². The van der Waals surface area contributed by atoms with E-state index in [2.05, 4.69) is 0 Å². The zero-order chi connectivity index (χ0) is 20.4. The van der Waals surface area contributed by atoms with Crippen molar-refractivity contribution in [2.75, 3.05) is 6.61 Å². The molecule has 4 aliphatic carbocycles. The number of fused-ring (bicyclic) bond motifs is 1. The van der Waals surface area contributed by atoms with Crippen molar-refractivity contribution in [1.82, 2.24) is 0 Å². The minimum Gasteiger partial charge on any atom is -0.455 e. The molecule has 7 nitrogen and oxygen atoms in total. The first-order chi connectivity index (χ1) is 13.0. The van der Waals surface area contributed by atoms with Gasteiger partial charge in [0.05, 0.1) is 30.5 Å². The van der Waals surface area contributed by atoms with E-state index >= 15 is 0 Å². The van der Waals surface area contributed by atoms with Gasteiger partial charge in [0.15, 0.2) is 6.10 Å². The van der Waals surface area contributed by atoms with Gasteiger partial charge < -0.3 is 29.9 Å². The lowest BCUT2D eigenvalue weighted by atomic mass is 9.22. The number of carbonyl (C=O) groups excluding carboxylic acids is 1. The Balaban J connectivity index is 1.80. The Bertz CT molecular complexity index is 794. The van der Waals surface area contributed by atoms with Crippen LogP contribution in [-0.4, -0.2) is 69.1 Å². The van der Waals surface area contributed by atoms with Crippen LogP contribution < -0.4 is 0 Å². The first kappa shape index (κ1) is 19.0. The highest BCUT2D eigenvalue weighted by molar-refractivity contribution is 5.67. The van der Waals surface area contributed by atoms with Crippen molar-refractivity contribution in [3.63, 3.8) is 0 Å². The molecule has 4 N–H and O–H groups in total. The zero-order valence-electron chi connectivity index (χ0n) is 16.8. The van der Waals surface area contributed by atoms with Crippen LogP contribution in [0.2, 0.25) is 0 Å². The van der Waals surface area contributed by atoms with Gasteiger partial charge in [0.25, 0.3) is 0 Å². The van der Waals surface area contributed by atoms with Crippen LogP contribution in [0.5, 0.6) is 0 Å². The molecule has 0 amide bonds. The molecular weight excluding hydrogens is 364 g/mol. The highest BCUT2D eigenvalue weighted by atomic mass is 16.6. The molecule has 156 valence electrons. The van der Waals surface area contributed by atoms with E-state index in [-0.39, 0.29) is 18.4 Å². The fourth-order valence-electron chi connectivity index (χ4n) is 8.09. The highest BCUT2D eigenvalue weighted by Crippen LogP contribution is 2.84. The summed E-state index contributed by atoms with van der Waals surface area (Å²) in [4.78, 5) is 11.9. The first-order valence-corrected chi connectivity index (χ1v) is 10.2. The molecule has 0 aromatic carbocycles. The second kappa shape index (κ2) is 5.19. The molecule has 7 heteroatoms. The highest BCUT2D eigenvalue weighted by Gasteiger charge is 2.88. The number of carbonyl (C=O) groups is 1. The van der Waals surface area contributed by atoms with Crippen LogP contribution in [0.4, 0.5) is 0 Å². The van der Waals surface area contributed by atoms with E-state index in [4.69, 9.17) is 9.47 Å². The van der Waals surface area contributed by atoms with Gasteiger partial charge in [0.1, 0.15) is 6.10 Å². The molecule has 0 aromatic heterocycles. The largest absolute Gasteiger partial charge is 0.455 e. The molecule has 0 bridgehead atoms. The summed E-state index contributed by atoms with van der Waals surface area (Å²) in [5.41, 5.74) is -2.30. The molecule has 1 unspecified atom stereocenters. The number of esters is 1. The summed E-state index contributed by atoms with van der Waals surface area (Å²) in [6.45, 7) is 7.44. The van der Waals surface area contributed by atoms with Crippen LogP contribution in [0.1, 0.15) is 47.0 Å². The second-order valence-corrected chi connectivity index (χ2v) is 10.1. The topological polar surface area (TPSA) is 116 Å². The molecule has 5 aliphatic rings. The lowest BCUT2D eigenvalue weighted by Gasteiger charge is -2.84. The van der Waals surface area contributed by atoms with Crippen molar-refractivity contribution in [2.24, 2.45) is 22.2 Å². The minimum absolute atomic E-state index is 0.0946. The van der Waals surface area contributed by atoms with Crippen molar-refractivity contribution < 1.29 is 34.7 Å². The fourth-order valence-corrected chi connectivity index (χ4v) is 8.09. The van der Waals surface area contributed by atoms with Gasteiger partial charge in [-0.2, -0.15) is 0 Å². The van der Waals surface area contributed by atoms with Gasteiger partial charge in [-0.15, -0.1) is 0 Å². The Hall–Kier alpha value is -0.990. The van der Waals surface area contributed by atoms with Crippen LogP contribution in [0, 0.1) is 22.2 Å². The maximum Gasteiger partial charge on any atom is 0.303 e. The monoisotopic (exact) mass is 394 g/mol. The summed E-state index contributed by atoms with van der Waals surface area (Å²) in [6.07, 6.45) is -2.95. The molecule has 0 aromatic rings. The van der Waals surface area contributed by atoms with Gasteiger partial charge in [0.2, 0.25) is 0 Å². The molecule has 28 heavy (non-hydrogen) atoms. The van der Waals surface area contributed by atoms with Gasteiger partial charge >= 0.3 is 5.97 Å². The van der Waals surface area contributed by atoms with Crippen LogP contribution in [0.25, 0.3) is 0 Å². The van der Waals surface area contributed by atoms with E-state index in [1.54, 1.807) is 6.92 Å². The molecule has 1 saturated heterocycles. The Morgan fingerprint density at radius 2 is 1.93 bits per heavy atom. The van der Waals surface area contributed by atoms with Crippen molar-refractivity contribution in [3.05, 3.63) is 11.1 Å². The smallest absolute Gasteiger partial charge is 0.303 e. The van der Waals surface area contributed by atoms with Crippen molar-refractivity contribution >= 4 is 5.97 Å². The molecule has 0 radical (unpaired) electrons. The number of hydrogen-bond donors (Lipinski definition) is 4.